The molecule has 0 amide bonds. The maximum absolute atomic E-state index is 6.02. The number of pyridine rings is 3. The predicted octanol–water partition coefficient (Wildman–Crippen LogP) is 7.29. The van der Waals surface area contributed by atoms with Crippen molar-refractivity contribution in [2.45, 2.75) is 12.8 Å². The van der Waals surface area contributed by atoms with Gasteiger partial charge in [-0.2, -0.15) is 18.7 Å². The van der Waals surface area contributed by atoms with Crippen LogP contribution in [-0.4, -0.2) is 116 Å². The van der Waals surface area contributed by atoms with Crippen LogP contribution < -0.4 is 14.5 Å². The van der Waals surface area contributed by atoms with E-state index in [1.54, 1.807) is 38.1 Å². The van der Waals surface area contributed by atoms with Gasteiger partial charge in [-0.3, -0.25) is 19.8 Å². The molecule has 0 N–H and O–H groups in total. The third kappa shape index (κ3) is 11.1. The van der Waals surface area contributed by atoms with Gasteiger partial charge in [-0.05, 0) is 54.3 Å². The van der Waals surface area contributed by atoms with Gasteiger partial charge in [-0.25, -0.2) is 4.98 Å². The van der Waals surface area contributed by atoms with Crippen LogP contribution in [0.3, 0.4) is 0 Å². The molecule has 0 atom stereocenters. The van der Waals surface area contributed by atoms with Gasteiger partial charge in [-0.15, -0.1) is 0 Å². The molecule has 286 valence electrons. The Hall–Kier alpha value is -4.02. The predicted molar refractivity (Wildman–Crippen MR) is 223 cm³/mol. The molecule has 2 aliphatic rings. The molecule has 2 aliphatic heterocycles. The Morgan fingerprint density at radius 2 is 1.11 bits per heavy atom. The molecular weight excluding hydrogens is 797 g/mol. The van der Waals surface area contributed by atoms with E-state index < -0.39 is 0 Å². The van der Waals surface area contributed by atoms with Gasteiger partial charge in [0.05, 0.1) is 17.2 Å². The summed E-state index contributed by atoms with van der Waals surface area (Å²) in [6.07, 6.45) is 10.5. The molecule has 6 aromatic rings. The Bertz CT molecular complexity index is 2120. The van der Waals surface area contributed by atoms with Gasteiger partial charge in [0.15, 0.2) is 11.6 Å². The zero-order valence-corrected chi connectivity index (χ0v) is 34.2. The highest BCUT2D eigenvalue weighted by Gasteiger charge is 2.22. The lowest BCUT2D eigenvalue weighted by atomic mass is 10.1. The monoisotopic (exact) mass is 835 g/mol. The van der Waals surface area contributed by atoms with Gasteiger partial charge < -0.3 is 14.5 Å². The molecule has 55 heavy (non-hydrogen) atoms. The van der Waals surface area contributed by atoms with Crippen molar-refractivity contribution in [1.82, 2.24) is 43.5 Å². The minimum absolute atomic E-state index is 0.592. The van der Waals surface area contributed by atoms with Crippen LogP contribution in [0.2, 0.25) is 15.1 Å². The largest absolute Gasteiger partial charge is 0.481 e. The van der Waals surface area contributed by atoms with Crippen LogP contribution in [0.25, 0.3) is 22.8 Å². The maximum Gasteiger partial charge on any atom is 0.213 e. The minimum Gasteiger partial charge on any atom is -0.481 e. The van der Waals surface area contributed by atoms with E-state index in [2.05, 4.69) is 65.4 Å². The first-order valence-electron chi connectivity index (χ1n) is 18.0. The van der Waals surface area contributed by atoms with E-state index in [1.165, 1.54) is 34.2 Å². The third-order valence-corrected chi connectivity index (χ3v) is 11.6. The van der Waals surface area contributed by atoms with Gasteiger partial charge in [0.2, 0.25) is 16.1 Å². The molecule has 0 bridgehead atoms. The van der Waals surface area contributed by atoms with E-state index >= 15 is 0 Å². The SMILES string of the molecule is COc1cc(CCN2CCN(c3nc(-c4cncc(Cl)c4)ns3)CC2)ccn1.Clc1ccc(CCN2CCN(c3nc(-c4cncc(Cl)c4)ns3)CC2)cc1. The second-order valence-electron chi connectivity index (χ2n) is 13.1. The fraction of sp³-hybridized carbons (Fsp3) is 0.342. The number of aromatic nitrogens is 7. The van der Waals surface area contributed by atoms with E-state index in [9.17, 15) is 0 Å². The summed E-state index contributed by atoms with van der Waals surface area (Å²) in [5.74, 6) is 2.04. The molecule has 12 nitrogen and oxygen atoms in total. The summed E-state index contributed by atoms with van der Waals surface area (Å²) in [7, 11) is 1.65. The van der Waals surface area contributed by atoms with E-state index in [0.717, 1.165) is 105 Å². The van der Waals surface area contributed by atoms with Crippen LogP contribution in [0.15, 0.2) is 79.5 Å². The number of ether oxygens (including phenoxy) is 1. The molecule has 2 saturated heterocycles. The molecule has 17 heteroatoms. The van der Waals surface area contributed by atoms with Crippen LogP contribution in [0.5, 0.6) is 5.88 Å². The average molecular weight is 837 g/mol. The third-order valence-electron chi connectivity index (χ3n) is 9.40. The Labute approximate surface area is 344 Å². The van der Waals surface area contributed by atoms with Gasteiger partial charge in [0, 0.05) is 142 Å². The normalized spacial score (nSPS) is 15.1. The first kappa shape index (κ1) is 39.2. The fourth-order valence-corrected chi connectivity index (χ4v) is 8.21. The van der Waals surface area contributed by atoms with E-state index in [-0.39, 0.29) is 0 Å². The second kappa shape index (κ2) is 19.2. The summed E-state index contributed by atoms with van der Waals surface area (Å²) in [5, 5.41) is 3.89. The van der Waals surface area contributed by atoms with Crippen molar-refractivity contribution in [3.63, 3.8) is 0 Å². The van der Waals surface area contributed by atoms with Gasteiger partial charge >= 0.3 is 0 Å². The molecule has 5 aromatic heterocycles. The lowest BCUT2D eigenvalue weighted by Crippen LogP contribution is -2.47. The molecule has 0 radical (unpaired) electrons. The topological polar surface area (TPSA) is 112 Å². The number of nitrogens with zero attached hydrogens (tertiary/aromatic N) is 11. The van der Waals surface area contributed by atoms with Crippen molar-refractivity contribution < 1.29 is 4.74 Å². The molecule has 1 aromatic carbocycles. The number of hydrogen-bond donors (Lipinski definition) is 0. The molecular formula is C38H40Cl3N11OS2. The molecule has 7 heterocycles. The molecule has 0 aliphatic carbocycles. The smallest absolute Gasteiger partial charge is 0.213 e. The number of piperazine rings is 2. The lowest BCUT2D eigenvalue weighted by molar-refractivity contribution is 0.261. The summed E-state index contributed by atoms with van der Waals surface area (Å²) in [6, 6.07) is 15.9. The van der Waals surface area contributed by atoms with Gasteiger partial charge in [0.1, 0.15) is 0 Å². The minimum atomic E-state index is 0.592. The number of halogens is 3. The highest BCUT2D eigenvalue weighted by Crippen LogP contribution is 2.27. The van der Waals surface area contributed by atoms with Crippen molar-refractivity contribution >= 4 is 68.1 Å². The summed E-state index contributed by atoms with van der Waals surface area (Å²) >= 11 is 20.8. The first-order chi connectivity index (χ1) is 26.9. The van der Waals surface area contributed by atoms with Crippen molar-refractivity contribution in [3.05, 3.63) is 106 Å². The zero-order chi connectivity index (χ0) is 38.0. The standard InChI is InChI=1S/C19H19Cl2N5S.C19H21ClN6OS/c20-16-3-1-14(2-4-16)5-6-25-7-9-26(10-8-25)19-23-18(24-27-19)15-11-17(21)13-22-12-15;1-27-17-10-14(2-4-22-17)3-5-25-6-8-26(9-7-25)19-23-18(24-28-19)15-11-16(20)13-21-12-15/h1-4,11-13H,5-10H2;2,4,10-13H,3,5-9H2,1H3. The number of methoxy groups -OCH3 is 1. The van der Waals surface area contributed by atoms with E-state index in [0.29, 0.717) is 27.6 Å². The van der Waals surface area contributed by atoms with Crippen LogP contribution in [0, 0.1) is 0 Å². The number of anilines is 2. The Morgan fingerprint density at radius 3 is 1.60 bits per heavy atom. The Morgan fingerprint density at radius 1 is 0.600 bits per heavy atom. The highest BCUT2D eigenvalue weighted by atomic mass is 35.5. The summed E-state index contributed by atoms with van der Waals surface area (Å²) in [4.78, 5) is 31.3. The van der Waals surface area contributed by atoms with Crippen LogP contribution in [0.1, 0.15) is 11.1 Å². The summed E-state index contributed by atoms with van der Waals surface area (Å²) in [5.41, 5.74) is 4.27. The number of rotatable bonds is 11. The van der Waals surface area contributed by atoms with Gasteiger partial charge in [0.25, 0.3) is 0 Å². The van der Waals surface area contributed by atoms with Crippen molar-refractivity contribution in [3.8, 4) is 28.7 Å². The second-order valence-corrected chi connectivity index (χ2v) is 15.8. The highest BCUT2D eigenvalue weighted by molar-refractivity contribution is 7.10. The van der Waals surface area contributed by atoms with Crippen LogP contribution >= 0.6 is 57.9 Å². The number of hydrogen-bond acceptors (Lipinski definition) is 14. The first-order valence-corrected chi connectivity index (χ1v) is 20.6. The van der Waals surface area contributed by atoms with Crippen LogP contribution in [0.4, 0.5) is 10.3 Å². The molecule has 2 fully saturated rings. The molecule has 0 spiro atoms. The van der Waals surface area contributed by atoms with E-state index in [4.69, 9.17) is 39.5 Å². The van der Waals surface area contributed by atoms with Crippen molar-refractivity contribution in [2.24, 2.45) is 0 Å². The quantitative estimate of drug-likeness (QED) is 0.131. The molecule has 0 saturated carbocycles. The Balaban J connectivity index is 0.000000169. The number of benzene rings is 1. The van der Waals surface area contributed by atoms with E-state index in [1.807, 2.05) is 36.4 Å². The Kier molecular flexibility index (Phi) is 13.7. The average Bonchev–Trinajstić information content (AvgIpc) is 3.93. The summed E-state index contributed by atoms with van der Waals surface area (Å²) in [6.45, 7) is 9.98. The molecule has 8 rings (SSSR count). The van der Waals surface area contributed by atoms with Gasteiger partial charge in [-0.1, -0.05) is 46.9 Å². The zero-order valence-electron chi connectivity index (χ0n) is 30.3. The summed E-state index contributed by atoms with van der Waals surface area (Å²) < 4.78 is 14.1. The molecule has 0 unspecified atom stereocenters. The van der Waals surface area contributed by atoms with Crippen molar-refractivity contribution in [2.75, 3.05) is 82.4 Å². The van der Waals surface area contributed by atoms with Crippen molar-refractivity contribution in [1.29, 1.82) is 0 Å². The lowest BCUT2D eigenvalue weighted by Gasteiger charge is -2.34. The maximum atomic E-state index is 6.02. The fourth-order valence-electron chi connectivity index (χ4n) is 6.26. The van der Waals surface area contributed by atoms with Crippen LogP contribution in [-0.2, 0) is 12.8 Å².